The summed E-state index contributed by atoms with van der Waals surface area (Å²) < 4.78 is 2.03. The molecule has 0 saturated heterocycles. The number of aromatic nitrogens is 4. The van der Waals surface area contributed by atoms with Crippen molar-refractivity contribution in [3.63, 3.8) is 0 Å². The van der Waals surface area contributed by atoms with E-state index >= 15 is 0 Å². The second-order valence-corrected chi connectivity index (χ2v) is 4.68. The van der Waals surface area contributed by atoms with Crippen molar-refractivity contribution in [2.45, 2.75) is 18.9 Å². The molecule has 4 N–H and O–H groups in total. The molecular weight excluding hydrogens is 232 g/mol. The number of nitrogens with one attached hydrogen (secondary N) is 1. The second-order valence-electron chi connectivity index (χ2n) is 4.68. The molecule has 0 bridgehead atoms. The summed E-state index contributed by atoms with van der Waals surface area (Å²) in [6.07, 6.45) is 3.69. The van der Waals surface area contributed by atoms with E-state index in [2.05, 4.69) is 20.3 Å². The number of nitrogens with zero attached hydrogens (tertiary/aromatic N) is 4. The lowest BCUT2D eigenvalue weighted by atomic mass is 9.81. The summed E-state index contributed by atoms with van der Waals surface area (Å²) in [6, 6.07) is 0.353. The molecule has 1 aliphatic rings. The first-order chi connectivity index (χ1) is 8.72. The molecule has 0 spiro atoms. The van der Waals surface area contributed by atoms with Gasteiger partial charge in [-0.05, 0) is 18.8 Å². The number of hydrogen-bond acceptors (Lipinski definition) is 6. The van der Waals surface area contributed by atoms with Gasteiger partial charge in [0.1, 0.15) is 0 Å². The topological polar surface area (TPSA) is 102 Å². The Morgan fingerprint density at radius 1 is 1.50 bits per heavy atom. The van der Waals surface area contributed by atoms with Gasteiger partial charge in [0.25, 0.3) is 0 Å². The summed E-state index contributed by atoms with van der Waals surface area (Å²) in [7, 11) is 1.78. The van der Waals surface area contributed by atoms with E-state index in [1.807, 2.05) is 4.57 Å². The summed E-state index contributed by atoms with van der Waals surface area (Å²) in [4.78, 5) is 12.7. The predicted octanol–water partition coefficient (Wildman–Crippen LogP) is 0.394. The molecular formula is C11H16N6O. The molecule has 2 heterocycles. The van der Waals surface area contributed by atoms with Gasteiger partial charge < -0.3 is 20.7 Å². The monoisotopic (exact) mass is 248 g/mol. The summed E-state index contributed by atoms with van der Waals surface area (Å²) in [5.74, 6) is 1.29. The fraction of sp³-hybridized carbons (Fsp3) is 0.545. The lowest BCUT2D eigenvalue weighted by molar-refractivity contribution is 0.114. The first-order valence-electron chi connectivity index (χ1n) is 6.01. The van der Waals surface area contributed by atoms with Crippen LogP contribution >= 0.6 is 0 Å². The number of nitrogen functional groups attached to an aromatic ring is 1. The third-order valence-electron chi connectivity index (χ3n) is 3.54. The van der Waals surface area contributed by atoms with Crippen LogP contribution in [-0.2, 0) is 0 Å². The standard InChI is InChI=1S/C11H16N6O/c1-13-9-8-10(16-11(12)15-9)17(5-14-8)7-2-6(3-7)4-18/h5-7,18H,2-4H2,1H3,(H3,12,13,15,16). The maximum atomic E-state index is 9.06. The van der Waals surface area contributed by atoms with E-state index in [0.29, 0.717) is 17.8 Å². The third-order valence-corrected chi connectivity index (χ3v) is 3.54. The Labute approximate surface area is 104 Å². The van der Waals surface area contributed by atoms with E-state index < -0.39 is 0 Å². The summed E-state index contributed by atoms with van der Waals surface area (Å²) in [6.45, 7) is 0.252. The first kappa shape index (κ1) is 11.2. The third kappa shape index (κ3) is 1.59. The van der Waals surface area contributed by atoms with Crippen LogP contribution in [0.25, 0.3) is 11.2 Å². The molecule has 0 aromatic carbocycles. The van der Waals surface area contributed by atoms with Gasteiger partial charge in [-0.1, -0.05) is 0 Å². The Bertz CT molecular complexity index is 574. The van der Waals surface area contributed by atoms with E-state index in [1.54, 1.807) is 13.4 Å². The van der Waals surface area contributed by atoms with E-state index in [1.165, 1.54) is 0 Å². The fourth-order valence-corrected chi connectivity index (χ4v) is 2.45. The van der Waals surface area contributed by atoms with Crippen molar-refractivity contribution < 1.29 is 5.11 Å². The maximum Gasteiger partial charge on any atom is 0.224 e. The van der Waals surface area contributed by atoms with E-state index in [-0.39, 0.29) is 12.6 Å². The zero-order valence-corrected chi connectivity index (χ0v) is 10.2. The average Bonchev–Trinajstić information content (AvgIpc) is 2.71. The number of fused-ring (bicyclic) bond motifs is 1. The highest BCUT2D eigenvalue weighted by Crippen LogP contribution is 2.39. The highest BCUT2D eigenvalue weighted by Gasteiger charge is 2.31. The Morgan fingerprint density at radius 3 is 2.94 bits per heavy atom. The minimum absolute atomic E-state index is 0.242. The average molecular weight is 248 g/mol. The molecule has 3 rings (SSSR count). The van der Waals surface area contributed by atoms with Gasteiger partial charge in [0.15, 0.2) is 17.0 Å². The summed E-state index contributed by atoms with van der Waals surface area (Å²) in [5.41, 5.74) is 7.19. The number of anilines is 2. The molecule has 0 atom stereocenters. The molecule has 2 aromatic rings. The van der Waals surface area contributed by atoms with Crippen LogP contribution in [-0.4, -0.2) is 38.3 Å². The van der Waals surface area contributed by atoms with Gasteiger partial charge in [-0.3, -0.25) is 0 Å². The first-order valence-corrected chi connectivity index (χ1v) is 6.01. The molecule has 0 amide bonds. The van der Waals surface area contributed by atoms with Crippen molar-refractivity contribution >= 4 is 22.9 Å². The van der Waals surface area contributed by atoms with Crippen LogP contribution < -0.4 is 11.1 Å². The highest BCUT2D eigenvalue weighted by molar-refractivity contribution is 5.84. The molecule has 18 heavy (non-hydrogen) atoms. The van der Waals surface area contributed by atoms with E-state index in [0.717, 1.165) is 24.0 Å². The van der Waals surface area contributed by atoms with Crippen molar-refractivity contribution in [1.29, 1.82) is 0 Å². The zero-order valence-electron chi connectivity index (χ0n) is 10.2. The van der Waals surface area contributed by atoms with Crippen LogP contribution in [0.1, 0.15) is 18.9 Å². The van der Waals surface area contributed by atoms with Crippen molar-refractivity contribution in [3.05, 3.63) is 6.33 Å². The van der Waals surface area contributed by atoms with Gasteiger partial charge in [0, 0.05) is 19.7 Å². The zero-order chi connectivity index (χ0) is 12.7. The Balaban J connectivity index is 2.01. The molecule has 0 radical (unpaired) electrons. The minimum Gasteiger partial charge on any atom is -0.396 e. The van der Waals surface area contributed by atoms with Crippen molar-refractivity contribution in [2.75, 3.05) is 24.7 Å². The van der Waals surface area contributed by atoms with Crippen LogP contribution in [0.5, 0.6) is 0 Å². The molecule has 96 valence electrons. The van der Waals surface area contributed by atoms with Crippen molar-refractivity contribution in [1.82, 2.24) is 19.5 Å². The quantitative estimate of drug-likeness (QED) is 0.726. The largest absolute Gasteiger partial charge is 0.396 e. The van der Waals surface area contributed by atoms with Crippen LogP contribution in [0.4, 0.5) is 11.8 Å². The van der Waals surface area contributed by atoms with Crippen LogP contribution in [0.2, 0.25) is 0 Å². The normalized spacial score (nSPS) is 23.0. The molecule has 0 aliphatic heterocycles. The van der Waals surface area contributed by atoms with Gasteiger partial charge in [-0.15, -0.1) is 0 Å². The van der Waals surface area contributed by atoms with Crippen molar-refractivity contribution in [3.8, 4) is 0 Å². The fourth-order valence-electron chi connectivity index (χ4n) is 2.45. The van der Waals surface area contributed by atoms with Crippen LogP contribution in [0, 0.1) is 5.92 Å². The lowest BCUT2D eigenvalue weighted by Gasteiger charge is -2.34. The summed E-state index contributed by atoms with van der Waals surface area (Å²) in [5, 5.41) is 12.0. The van der Waals surface area contributed by atoms with Gasteiger partial charge in [0.2, 0.25) is 5.95 Å². The number of nitrogens with two attached hydrogens (primary N) is 1. The van der Waals surface area contributed by atoms with E-state index in [9.17, 15) is 0 Å². The SMILES string of the molecule is CNc1nc(N)nc2c1ncn2C1CC(CO)C1. The molecule has 1 saturated carbocycles. The molecule has 0 unspecified atom stereocenters. The highest BCUT2D eigenvalue weighted by atomic mass is 16.3. The van der Waals surface area contributed by atoms with Gasteiger partial charge in [0.05, 0.1) is 6.33 Å². The Kier molecular flexibility index (Phi) is 2.55. The second kappa shape index (κ2) is 4.09. The molecule has 2 aromatic heterocycles. The van der Waals surface area contributed by atoms with Crippen molar-refractivity contribution in [2.24, 2.45) is 5.92 Å². The smallest absolute Gasteiger partial charge is 0.224 e. The van der Waals surface area contributed by atoms with E-state index in [4.69, 9.17) is 10.8 Å². The number of aliphatic hydroxyl groups is 1. The predicted molar refractivity (Wildman–Crippen MR) is 68.1 cm³/mol. The Morgan fingerprint density at radius 2 is 2.28 bits per heavy atom. The maximum absolute atomic E-state index is 9.06. The lowest BCUT2D eigenvalue weighted by Crippen LogP contribution is -2.28. The van der Waals surface area contributed by atoms with Crippen LogP contribution in [0.15, 0.2) is 6.33 Å². The molecule has 7 nitrogen and oxygen atoms in total. The number of hydrogen-bond donors (Lipinski definition) is 3. The molecule has 7 heteroatoms. The van der Waals surface area contributed by atoms with Gasteiger partial charge >= 0.3 is 0 Å². The summed E-state index contributed by atoms with van der Waals surface area (Å²) >= 11 is 0. The van der Waals surface area contributed by atoms with Gasteiger partial charge in [-0.25, -0.2) is 4.98 Å². The van der Waals surface area contributed by atoms with Gasteiger partial charge in [-0.2, -0.15) is 9.97 Å². The number of aliphatic hydroxyl groups excluding tert-OH is 1. The van der Waals surface area contributed by atoms with Crippen LogP contribution in [0.3, 0.4) is 0 Å². The molecule has 1 fully saturated rings. The number of imidazole rings is 1. The minimum atomic E-state index is 0.242. The molecule has 1 aliphatic carbocycles. The Hall–Kier alpha value is -1.89. The number of rotatable bonds is 3.